The molecule has 2 aliphatic carbocycles. The number of fused-ring (bicyclic) bond motifs is 3. The van der Waals surface area contributed by atoms with Crippen molar-refractivity contribution >= 4 is 27.5 Å². The van der Waals surface area contributed by atoms with Gasteiger partial charge >= 0.3 is 5.97 Å². The number of thiophene rings is 1. The maximum Gasteiger partial charge on any atom is 0.326 e. The van der Waals surface area contributed by atoms with Crippen molar-refractivity contribution < 1.29 is 9.53 Å². The molecule has 6 heteroatoms. The molecule has 2 aliphatic rings. The molecule has 5 nitrogen and oxygen atoms in total. The molecule has 0 aliphatic heterocycles. The van der Waals surface area contributed by atoms with Crippen LogP contribution in [0.3, 0.4) is 0 Å². The van der Waals surface area contributed by atoms with Gasteiger partial charge in [-0.15, -0.1) is 11.3 Å². The van der Waals surface area contributed by atoms with E-state index < -0.39 is 0 Å². The second-order valence-corrected chi connectivity index (χ2v) is 10.5. The van der Waals surface area contributed by atoms with E-state index in [-0.39, 0.29) is 24.2 Å². The van der Waals surface area contributed by atoms with Crippen molar-refractivity contribution in [3.63, 3.8) is 0 Å². The Morgan fingerprint density at radius 1 is 1.19 bits per heavy atom. The summed E-state index contributed by atoms with van der Waals surface area (Å²) in [6, 6.07) is 7.96. The van der Waals surface area contributed by atoms with Crippen molar-refractivity contribution in [1.29, 1.82) is 0 Å². The molecule has 1 fully saturated rings. The Kier molecular flexibility index (Phi) is 5.89. The van der Waals surface area contributed by atoms with Gasteiger partial charge in [-0.25, -0.2) is 4.98 Å². The van der Waals surface area contributed by atoms with E-state index >= 15 is 0 Å². The van der Waals surface area contributed by atoms with Crippen LogP contribution in [-0.2, 0) is 28.9 Å². The number of aryl methyl sites for hydroxylation is 3. The Morgan fingerprint density at radius 2 is 1.97 bits per heavy atom. The molecule has 0 N–H and O–H groups in total. The molecule has 2 heterocycles. The van der Waals surface area contributed by atoms with Gasteiger partial charge in [0, 0.05) is 10.4 Å². The summed E-state index contributed by atoms with van der Waals surface area (Å²) in [6.45, 7) is 4.17. The second kappa shape index (κ2) is 8.81. The van der Waals surface area contributed by atoms with Gasteiger partial charge < -0.3 is 4.74 Å². The van der Waals surface area contributed by atoms with Crippen molar-refractivity contribution in [2.45, 2.75) is 77.9 Å². The maximum absolute atomic E-state index is 13.7. The summed E-state index contributed by atoms with van der Waals surface area (Å²) in [5.74, 6) is 0.904. The van der Waals surface area contributed by atoms with Gasteiger partial charge in [0.15, 0.2) is 0 Å². The molecule has 32 heavy (non-hydrogen) atoms. The smallest absolute Gasteiger partial charge is 0.326 e. The number of aromatic nitrogens is 2. The van der Waals surface area contributed by atoms with Gasteiger partial charge in [0.2, 0.25) is 0 Å². The molecule has 2 aromatic heterocycles. The molecular formula is C26H30N2O3S. The molecule has 0 unspecified atom stereocenters. The Hall–Kier alpha value is -2.47. The molecular weight excluding hydrogens is 420 g/mol. The van der Waals surface area contributed by atoms with E-state index in [0.29, 0.717) is 17.1 Å². The fourth-order valence-electron chi connectivity index (χ4n) is 5.09. The van der Waals surface area contributed by atoms with Crippen LogP contribution in [0.1, 0.15) is 61.5 Å². The quantitative estimate of drug-likeness (QED) is 0.497. The first-order valence-electron chi connectivity index (χ1n) is 11.8. The van der Waals surface area contributed by atoms with Crippen LogP contribution in [0.15, 0.2) is 29.1 Å². The largest absolute Gasteiger partial charge is 0.461 e. The Balaban J connectivity index is 1.56. The highest BCUT2D eigenvalue weighted by Crippen LogP contribution is 2.35. The maximum atomic E-state index is 13.7. The number of carbonyl (C=O) groups is 1. The first-order valence-corrected chi connectivity index (χ1v) is 12.6. The first-order chi connectivity index (χ1) is 15.5. The highest BCUT2D eigenvalue weighted by atomic mass is 32.1. The number of benzene rings is 1. The number of rotatable bonds is 4. The van der Waals surface area contributed by atoms with Gasteiger partial charge in [0.05, 0.1) is 5.39 Å². The lowest BCUT2D eigenvalue weighted by molar-refractivity contribution is -0.151. The van der Waals surface area contributed by atoms with E-state index in [1.807, 2.05) is 31.2 Å². The number of nitrogens with zero attached hydrogens (tertiary/aromatic N) is 2. The molecule has 0 radical (unpaired) electrons. The molecule has 0 atom stereocenters. The normalized spacial score (nSPS) is 20.8. The predicted octanol–water partition coefficient (Wildman–Crippen LogP) is 5.43. The number of ether oxygens (including phenoxy) is 1. The van der Waals surface area contributed by atoms with Gasteiger partial charge in [0.1, 0.15) is 23.3 Å². The van der Waals surface area contributed by atoms with Crippen LogP contribution in [0.4, 0.5) is 0 Å². The number of esters is 1. The minimum Gasteiger partial charge on any atom is -0.461 e. The Morgan fingerprint density at radius 3 is 2.75 bits per heavy atom. The highest BCUT2D eigenvalue weighted by Gasteiger charge is 2.25. The average Bonchev–Trinajstić information content (AvgIpc) is 3.16. The van der Waals surface area contributed by atoms with E-state index in [1.165, 1.54) is 4.88 Å². The summed E-state index contributed by atoms with van der Waals surface area (Å²) in [4.78, 5) is 33.7. The number of hydrogen-bond acceptors (Lipinski definition) is 5. The molecule has 168 valence electrons. The van der Waals surface area contributed by atoms with Crippen LogP contribution in [0.25, 0.3) is 21.6 Å². The van der Waals surface area contributed by atoms with Crippen LogP contribution >= 0.6 is 11.3 Å². The standard InChI is InChI=1S/C26H30N2O3S/c1-16-10-12-19(13-11-16)31-22(29)15-28-24(18-7-5-6-17(2)14-18)27-25-23(26(28)30)20-8-3-4-9-21(20)32-25/h5-7,14,16,19H,3-4,8-13,15H2,1-2H3. The third-order valence-electron chi connectivity index (χ3n) is 6.90. The molecule has 0 amide bonds. The summed E-state index contributed by atoms with van der Waals surface area (Å²) >= 11 is 1.64. The molecule has 0 spiro atoms. The van der Waals surface area contributed by atoms with Gasteiger partial charge in [-0.05, 0) is 75.8 Å². The van der Waals surface area contributed by atoms with E-state index in [9.17, 15) is 9.59 Å². The monoisotopic (exact) mass is 450 g/mol. The minimum atomic E-state index is -0.342. The molecule has 3 aromatic rings. The van der Waals surface area contributed by atoms with Gasteiger partial charge in [-0.1, -0.05) is 30.7 Å². The summed E-state index contributed by atoms with van der Waals surface area (Å²) in [7, 11) is 0. The van der Waals surface area contributed by atoms with E-state index in [2.05, 4.69) is 6.92 Å². The first kappa shape index (κ1) is 21.4. The van der Waals surface area contributed by atoms with Gasteiger partial charge in [-0.2, -0.15) is 0 Å². The lowest BCUT2D eigenvalue weighted by Crippen LogP contribution is -2.31. The van der Waals surface area contributed by atoms with E-state index in [4.69, 9.17) is 9.72 Å². The van der Waals surface area contributed by atoms with Crippen LogP contribution in [-0.4, -0.2) is 21.6 Å². The zero-order valence-corrected chi connectivity index (χ0v) is 19.7. The third kappa shape index (κ3) is 4.13. The lowest BCUT2D eigenvalue weighted by atomic mass is 9.89. The molecule has 5 rings (SSSR count). The van der Waals surface area contributed by atoms with Crippen LogP contribution in [0.2, 0.25) is 0 Å². The molecule has 1 saturated carbocycles. The van der Waals surface area contributed by atoms with Crippen molar-refractivity contribution in [3.8, 4) is 11.4 Å². The van der Waals surface area contributed by atoms with Crippen molar-refractivity contribution in [1.82, 2.24) is 9.55 Å². The Bertz CT molecular complexity index is 1220. The minimum absolute atomic E-state index is 0.0394. The average molecular weight is 451 g/mol. The highest BCUT2D eigenvalue weighted by molar-refractivity contribution is 7.18. The van der Waals surface area contributed by atoms with Crippen LogP contribution in [0.5, 0.6) is 0 Å². The van der Waals surface area contributed by atoms with E-state index in [1.54, 1.807) is 15.9 Å². The van der Waals surface area contributed by atoms with Gasteiger partial charge in [-0.3, -0.25) is 14.2 Å². The zero-order chi connectivity index (χ0) is 22.2. The van der Waals surface area contributed by atoms with Crippen LogP contribution < -0.4 is 5.56 Å². The van der Waals surface area contributed by atoms with Crippen LogP contribution in [0, 0.1) is 12.8 Å². The Labute approximate surface area is 192 Å². The fraction of sp³-hybridized carbons (Fsp3) is 0.500. The SMILES string of the molecule is Cc1cccc(-c2nc3sc4c(c3c(=O)n2CC(=O)OC2CCC(C)CC2)CCCC4)c1. The zero-order valence-electron chi connectivity index (χ0n) is 18.9. The fourth-order valence-corrected chi connectivity index (χ4v) is 6.34. The van der Waals surface area contributed by atoms with Crippen molar-refractivity contribution in [2.75, 3.05) is 0 Å². The molecule has 0 saturated heterocycles. The summed E-state index contributed by atoms with van der Waals surface area (Å²) in [5.41, 5.74) is 2.98. The molecule has 1 aromatic carbocycles. The topological polar surface area (TPSA) is 61.2 Å². The summed E-state index contributed by atoms with van der Waals surface area (Å²) in [5, 5.41) is 0.709. The second-order valence-electron chi connectivity index (χ2n) is 9.46. The van der Waals surface area contributed by atoms with Crippen molar-refractivity contribution in [3.05, 3.63) is 50.6 Å². The summed E-state index contributed by atoms with van der Waals surface area (Å²) in [6.07, 6.45) is 8.12. The van der Waals surface area contributed by atoms with E-state index in [0.717, 1.165) is 72.9 Å². The van der Waals surface area contributed by atoms with Crippen molar-refractivity contribution in [2.24, 2.45) is 5.92 Å². The van der Waals surface area contributed by atoms with Gasteiger partial charge in [0.25, 0.3) is 5.56 Å². The third-order valence-corrected chi connectivity index (χ3v) is 8.09. The predicted molar refractivity (Wildman–Crippen MR) is 128 cm³/mol. The number of hydrogen-bond donors (Lipinski definition) is 0. The lowest BCUT2D eigenvalue weighted by Gasteiger charge is -2.26. The molecule has 0 bridgehead atoms. The number of carbonyl (C=O) groups excluding carboxylic acids is 1. The summed E-state index contributed by atoms with van der Waals surface area (Å²) < 4.78 is 7.34.